The maximum Gasteiger partial charge on any atom is 0.255 e. The fourth-order valence-corrected chi connectivity index (χ4v) is 5.82. The van der Waals surface area contributed by atoms with Gasteiger partial charge in [0.15, 0.2) is 0 Å². The summed E-state index contributed by atoms with van der Waals surface area (Å²) >= 11 is 0. The van der Waals surface area contributed by atoms with E-state index in [-0.39, 0.29) is 23.1 Å². The maximum atomic E-state index is 13.1. The molecule has 1 atom stereocenters. The summed E-state index contributed by atoms with van der Waals surface area (Å²) in [5.74, 6) is 0.584. The monoisotopic (exact) mass is 433 g/mol. The van der Waals surface area contributed by atoms with Gasteiger partial charge in [-0.05, 0) is 54.8 Å². The number of nitrogens with zero attached hydrogens (tertiary/aromatic N) is 5. The number of piperidine rings is 1. The standard InChI is InChI=1S/C25H31N5O2/c1-28-12-14-29(15-13-28)23(31)16-20-17-25(22-5-3-2-4-21(20)22)7-10-30(11-8-25)24(32)19-6-9-26-27-18-19/h2-6,9,18,20H,7-8,10-17H2,1H3/t20-/m0/s1. The van der Waals surface area contributed by atoms with Gasteiger partial charge in [0.05, 0.1) is 18.0 Å². The molecule has 3 heterocycles. The van der Waals surface area contributed by atoms with Crippen molar-refractivity contribution in [3.8, 4) is 0 Å². The molecule has 2 aliphatic heterocycles. The van der Waals surface area contributed by atoms with E-state index in [1.807, 2.05) is 9.80 Å². The number of fused-ring (bicyclic) bond motifs is 2. The number of benzene rings is 1. The molecule has 1 aromatic carbocycles. The first kappa shape index (κ1) is 21.1. The molecule has 7 nitrogen and oxygen atoms in total. The molecular weight excluding hydrogens is 402 g/mol. The molecule has 0 N–H and O–H groups in total. The highest BCUT2D eigenvalue weighted by atomic mass is 16.2. The van der Waals surface area contributed by atoms with Crippen LogP contribution in [0.2, 0.25) is 0 Å². The van der Waals surface area contributed by atoms with Crippen molar-refractivity contribution in [1.82, 2.24) is 24.9 Å². The topological polar surface area (TPSA) is 69.6 Å². The molecule has 0 bridgehead atoms. The van der Waals surface area contributed by atoms with Gasteiger partial charge in [-0.15, -0.1) is 0 Å². The number of hydrogen-bond acceptors (Lipinski definition) is 5. The molecule has 2 saturated heterocycles. The van der Waals surface area contributed by atoms with Crippen LogP contribution in [0, 0.1) is 0 Å². The fourth-order valence-electron chi connectivity index (χ4n) is 5.82. The van der Waals surface area contributed by atoms with Gasteiger partial charge in [-0.3, -0.25) is 9.59 Å². The van der Waals surface area contributed by atoms with Crippen LogP contribution >= 0.6 is 0 Å². The lowest BCUT2D eigenvalue weighted by Gasteiger charge is -2.40. The molecule has 0 saturated carbocycles. The third kappa shape index (κ3) is 3.90. The number of aromatic nitrogens is 2. The van der Waals surface area contributed by atoms with E-state index in [1.54, 1.807) is 12.3 Å². The van der Waals surface area contributed by atoms with Crippen molar-refractivity contribution in [1.29, 1.82) is 0 Å². The lowest BCUT2D eigenvalue weighted by molar-refractivity contribution is -0.133. The zero-order valence-electron chi connectivity index (χ0n) is 18.7. The summed E-state index contributed by atoms with van der Waals surface area (Å²) < 4.78 is 0. The minimum atomic E-state index is 0.0304. The summed E-state index contributed by atoms with van der Waals surface area (Å²) in [6, 6.07) is 10.4. The number of hydrogen-bond donors (Lipinski definition) is 0. The Morgan fingerprint density at radius 2 is 1.72 bits per heavy atom. The molecule has 3 aliphatic rings. The molecule has 1 aliphatic carbocycles. The van der Waals surface area contributed by atoms with Gasteiger partial charge < -0.3 is 14.7 Å². The van der Waals surface area contributed by atoms with E-state index in [9.17, 15) is 9.59 Å². The van der Waals surface area contributed by atoms with Crippen LogP contribution in [0.5, 0.6) is 0 Å². The van der Waals surface area contributed by atoms with Crippen LogP contribution in [-0.2, 0) is 10.2 Å². The third-order valence-electron chi connectivity index (χ3n) is 7.73. The van der Waals surface area contributed by atoms with Crippen molar-refractivity contribution in [3.63, 3.8) is 0 Å². The van der Waals surface area contributed by atoms with Gasteiger partial charge in [0, 0.05) is 45.7 Å². The summed E-state index contributed by atoms with van der Waals surface area (Å²) in [5, 5.41) is 7.62. The molecule has 2 amide bonds. The molecule has 1 spiro atoms. The lowest BCUT2D eigenvalue weighted by atomic mass is 9.73. The van der Waals surface area contributed by atoms with Crippen LogP contribution in [-0.4, -0.2) is 83.0 Å². The Bertz CT molecular complexity index is 979. The van der Waals surface area contributed by atoms with Crippen molar-refractivity contribution >= 4 is 11.8 Å². The summed E-state index contributed by atoms with van der Waals surface area (Å²) in [6.45, 7) is 5.02. The Morgan fingerprint density at radius 3 is 2.44 bits per heavy atom. The molecule has 1 aromatic heterocycles. The lowest BCUT2D eigenvalue weighted by Crippen LogP contribution is -2.47. The predicted octanol–water partition coefficient (Wildman–Crippen LogP) is 2.30. The van der Waals surface area contributed by atoms with E-state index in [2.05, 4.69) is 46.4 Å². The second kappa shape index (κ2) is 8.62. The van der Waals surface area contributed by atoms with E-state index < -0.39 is 0 Å². The zero-order valence-corrected chi connectivity index (χ0v) is 18.7. The highest BCUT2D eigenvalue weighted by Crippen LogP contribution is 2.52. The molecule has 5 rings (SSSR count). The average molecular weight is 434 g/mol. The van der Waals surface area contributed by atoms with Crippen LogP contribution in [0.3, 0.4) is 0 Å². The van der Waals surface area contributed by atoms with Crippen molar-refractivity contribution < 1.29 is 9.59 Å². The van der Waals surface area contributed by atoms with Crippen molar-refractivity contribution in [2.45, 2.75) is 37.0 Å². The van der Waals surface area contributed by atoms with Crippen LogP contribution < -0.4 is 0 Å². The van der Waals surface area contributed by atoms with Crippen molar-refractivity contribution in [3.05, 3.63) is 59.4 Å². The van der Waals surface area contributed by atoms with Gasteiger partial charge in [0.25, 0.3) is 5.91 Å². The maximum absolute atomic E-state index is 13.1. The number of carbonyl (C=O) groups excluding carboxylic acids is 2. The third-order valence-corrected chi connectivity index (χ3v) is 7.73. The van der Waals surface area contributed by atoms with E-state index >= 15 is 0 Å². The SMILES string of the molecule is CN1CCN(C(=O)C[C@H]2CC3(CCN(C(=O)c4ccnnc4)CC3)c3ccccc32)CC1. The molecule has 168 valence electrons. The average Bonchev–Trinajstić information content (AvgIpc) is 3.13. The Morgan fingerprint density at radius 1 is 0.969 bits per heavy atom. The molecule has 32 heavy (non-hydrogen) atoms. The Kier molecular flexibility index (Phi) is 5.67. The predicted molar refractivity (Wildman–Crippen MR) is 121 cm³/mol. The van der Waals surface area contributed by atoms with Crippen LogP contribution in [0.1, 0.15) is 53.1 Å². The Labute approximate surface area is 189 Å². The number of amides is 2. The highest BCUT2D eigenvalue weighted by Gasteiger charge is 2.46. The van der Waals surface area contributed by atoms with Crippen LogP contribution in [0.25, 0.3) is 0 Å². The second-order valence-electron chi connectivity index (χ2n) is 9.58. The van der Waals surface area contributed by atoms with E-state index in [0.717, 1.165) is 58.5 Å². The smallest absolute Gasteiger partial charge is 0.255 e. The number of rotatable bonds is 3. The minimum absolute atomic E-state index is 0.0304. The van der Waals surface area contributed by atoms with Gasteiger partial charge in [-0.2, -0.15) is 10.2 Å². The van der Waals surface area contributed by atoms with Crippen molar-refractivity contribution in [2.24, 2.45) is 0 Å². The van der Waals surface area contributed by atoms with E-state index in [0.29, 0.717) is 12.0 Å². The minimum Gasteiger partial charge on any atom is -0.340 e. The first-order chi connectivity index (χ1) is 15.6. The Hall–Kier alpha value is -2.80. The normalized spacial score (nSPS) is 22.7. The van der Waals surface area contributed by atoms with E-state index in [1.165, 1.54) is 17.3 Å². The molecule has 2 fully saturated rings. The zero-order chi connectivity index (χ0) is 22.1. The molecule has 0 radical (unpaired) electrons. The Balaban J connectivity index is 1.29. The van der Waals surface area contributed by atoms with E-state index in [4.69, 9.17) is 0 Å². The summed E-state index contributed by atoms with van der Waals surface area (Å²) in [4.78, 5) is 32.2. The number of piperazine rings is 1. The number of likely N-dealkylation sites (tertiary alicyclic amines) is 1. The first-order valence-corrected chi connectivity index (χ1v) is 11.7. The van der Waals surface area contributed by atoms with Gasteiger partial charge in [-0.25, -0.2) is 0 Å². The number of carbonyl (C=O) groups is 2. The molecule has 2 aromatic rings. The summed E-state index contributed by atoms with van der Waals surface area (Å²) in [7, 11) is 2.11. The molecule has 7 heteroatoms. The summed E-state index contributed by atoms with van der Waals surface area (Å²) in [6.07, 6.45) is 6.57. The van der Waals surface area contributed by atoms with Gasteiger partial charge in [0.1, 0.15) is 0 Å². The summed E-state index contributed by atoms with van der Waals surface area (Å²) in [5.41, 5.74) is 3.40. The first-order valence-electron chi connectivity index (χ1n) is 11.7. The van der Waals surface area contributed by atoms with Gasteiger partial charge >= 0.3 is 0 Å². The van der Waals surface area contributed by atoms with Crippen molar-refractivity contribution in [2.75, 3.05) is 46.3 Å². The second-order valence-corrected chi connectivity index (χ2v) is 9.58. The quantitative estimate of drug-likeness (QED) is 0.743. The van der Waals surface area contributed by atoms with Crippen LogP contribution in [0.15, 0.2) is 42.7 Å². The van der Waals surface area contributed by atoms with Gasteiger partial charge in [-0.1, -0.05) is 24.3 Å². The highest BCUT2D eigenvalue weighted by molar-refractivity contribution is 5.93. The number of likely N-dealkylation sites (N-methyl/N-ethyl adjacent to an activating group) is 1. The fraction of sp³-hybridized carbons (Fsp3) is 0.520. The molecule has 0 unspecified atom stereocenters. The van der Waals surface area contributed by atoms with Gasteiger partial charge in [0.2, 0.25) is 5.91 Å². The molecular formula is C25H31N5O2. The van der Waals surface area contributed by atoms with Crippen LogP contribution in [0.4, 0.5) is 0 Å². The largest absolute Gasteiger partial charge is 0.340 e.